The number of likely N-dealkylation sites (N-methyl/N-ethyl adjacent to an activating group) is 1. The molecule has 2 N–H and O–H groups in total. The van der Waals surface area contributed by atoms with Gasteiger partial charge >= 0.3 is 0 Å². The predicted molar refractivity (Wildman–Crippen MR) is 146 cm³/mol. The standard InChI is InChI=1S/C27H31BrN8O/c1-18(2)14-32-34-27(37)22-12-21(15-31-25(22)26-23(28)16-30-24(13-29)33-26)20-6-4-19(5-7-20)17-36-10-8-35(3)9-11-36/h4-7,12,15-16,18,32H,8-11,14,17H2,1-3H3,(H,34,37). The molecule has 3 heterocycles. The van der Waals surface area contributed by atoms with Gasteiger partial charge < -0.3 is 4.90 Å². The fraction of sp³-hybridized carbons (Fsp3) is 0.370. The van der Waals surface area contributed by atoms with Crippen molar-refractivity contribution in [3.8, 4) is 28.6 Å². The number of nitrogens with zero attached hydrogens (tertiary/aromatic N) is 6. The third-order valence-corrected chi connectivity index (χ3v) is 6.78. The monoisotopic (exact) mass is 562 g/mol. The smallest absolute Gasteiger partial charge is 0.267 e. The average Bonchev–Trinajstić information content (AvgIpc) is 2.90. The third-order valence-electron chi connectivity index (χ3n) is 6.20. The first-order chi connectivity index (χ1) is 17.8. The van der Waals surface area contributed by atoms with Crippen LogP contribution in [0.2, 0.25) is 0 Å². The lowest BCUT2D eigenvalue weighted by Gasteiger charge is -2.32. The number of piperazine rings is 1. The summed E-state index contributed by atoms with van der Waals surface area (Å²) in [5.41, 5.74) is 9.86. The minimum Gasteiger partial charge on any atom is -0.304 e. The van der Waals surface area contributed by atoms with Crippen LogP contribution in [0.25, 0.3) is 22.5 Å². The number of pyridine rings is 1. The largest absolute Gasteiger partial charge is 0.304 e. The van der Waals surface area contributed by atoms with Crippen LogP contribution in [0, 0.1) is 17.2 Å². The molecular weight excluding hydrogens is 532 g/mol. The Morgan fingerprint density at radius 3 is 2.49 bits per heavy atom. The number of amides is 1. The molecular formula is C27H31BrN8O. The molecule has 1 amide bonds. The first-order valence-electron chi connectivity index (χ1n) is 12.3. The number of nitrogens with one attached hydrogen (secondary N) is 2. The summed E-state index contributed by atoms with van der Waals surface area (Å²) in [6.45, 7) is 9.97. The molecule has 0 spiro atoms. The minimum absolute atomic E-state index is 0.00399. The summed E-state index contributed by atoms with van der Waals surface area (Å²) in [7, 11) is 2.16. The SMILES string of the molecule is CC(C)CNNC(=O)c1cc(-c2ccc(CN3CCN(C)CC3)cc2)cnc1-c1nc(C#N)ncc1Br. The molecule has 0 saturated carbocycles. The van der Waals surface area contributed by atoms with Gasteiger partial charge in [-0.25, -0.2) is 15.4 Å². The van der Waals surface area contributed by atoms with Crippen LogP contribution in [-0.2, 0) is 6.54 Å². The van der Waals surface area contributed by atoms with Crippen molar-refractivity contribution in [1.82, 2.24) is 35.6 Å². The van der Waals surface area contributed by atoms with E-state index in [0.717, 1.165) is 43.9 Å². The highest BCUT2D eigenvalue weighted by Gasteiger charge is 2.20. The van der Waals surface area contributed by atoms with E-state index < -0.39 is 0 Å². The lowest BCUT2D eigenvalue weighted by atomic mass is 10.0. The molecule has 3 aromatic rings. The fourth-order valence-corrected chi connectivity index (χ4v) is 4.42. The minimum atomic E-state index is -0.333. The summed E-state index contributed by atoms with van der Waals surface area (Å²) in [4.78, 5) is 30.9. The van der Waals surface area contributed by atoms with Gasteiger partial charge in [-0.1, -0.05) is 38.1 Å². The van der Waals surface area contributed by atoms with Crippen molar-refractivity contribution in [2.45, 2.75) is 20.4 Å². The van der Waals surface area contributed by atoms with Crippen molar-refractivity contribution in [3.05, 3.63) is 64.1 Å². The van der Waals surface area contributed by atoms with Gasteiger partial charge in [0.05, 0.1) is 10.0 Å². The summed E-state index contributed by atoms with van der Waals surface area (Å²) >= 11 is 3.44. The van der Waals surface area contributed by atoms with Crippen molar-refractivity contribution >= 4 is 21.8 Å². The van der Waals surface area contributed by atoms with Gasteiger partial charge in [-0.3, -0.25) is 20.1 Å². The molecule has 1 saturated heterocycles. The normalized spacial score (nSPS) is 14.5. The molecule has 1 fully saturated rings. The molecule has 37 heavy (non-hydrogen) atoms. The van der Waals surface area contributed by atoms with Gasteiger partial charge in [0.2, 0.25) is 5.82 Å². The number of halogens is 1. The number of hydrogen-bond donors (Lipinski definition) is 2. The summed E-state index contributed by atoms with van der Waals surface area (Å²) in [6, 6.07) is 12.1. The number of benzene rings is 1. The van der Waals surface area contributed by atoms with Crippen LogP contribution in [0.3, 0.4) is 0 Å². The Morgan fingerprint density at radius 2 is 1.81 bits per heavy atom. The zero-order valence-electron chi connectivity index (χ0n) is 21.3. The zero-order chi connectivity index (χ0) is 26.4. The molecule has 0 aliphatic carbocycles. The molecule has 192 valence electrons. The van der Waals surface area contributed by atoms with Crippen molar-refractivity contribution < 1.29 is 4.79 Å². The third kappa shape index (κ3) is 6.96. The molecule has 1 aliphatic rings. The fourth-order valence-electron chi connectivity index (χ4n) is 4.04. The quantitative estimate of drug-likeness (QED) is 0.401. The van der Waals surface area contributed by atoms with Crippen LogP contribution in [0.15, 0.2) is 47.2 Å². The Labute approximate surface area is 226 Å². The van der Waals surface area contributed by atoms with Crippen molar-refractivity contribution in [2.75, 3.05) is 39.8 Å². The lowest BCUT2D eigenvalue weighted by molar-refractivity contribution is 0.0932. The van der Waals surface area contributed by atoms with E-state index in [1.165, 1.54) is 11.8 Å². The first kappa shape index (κ1) is 26.8. The maximum atomic E-state index is 13.2. The van der Waals surface area contributed by atoms with Crippen LogP contribution >= 0.6 is 15.9 Å². The molecule has 0 radical (unpaired) electrons. The van der Waals surface area contributed by atoms with Gasteiger partial charge in [-0.05, 0) is 46.1 Å². The number of hydrazine groups is 1. The van der Waals surface area contributed by atoms with Gasteiger partial charge in [0.25, 0.3) is 5.91 Å². The van der Waals surface area contributed by atoms with E-state index in [4.69, 9.17) is 0 Å². The molecule has 1 aromatic carbocycles. The number of rotatable bonds is 8. The van der Waals surface area contributed by atoms with E-state index in [2.05, 4.69) is 96.7 Å². The van der Waals surface area contributed by atoms with E-state index in [9.17, 15) is 10.1 Å². The van der Waals surface area contributed by atoms with Gasteiger partial charge in [0, 0.05) is 57.2 Å². The van der Waals surface area contributed by atoms with Crippen molar-refractivity contribution in [1.29, 1.82) is 5.26 Å². The van der Waals surface area contributed by atoms with Crippen LogP contribution in [0.4, 0.5) is 0 Å². The van der Waals surface area contributed by atoms with Gasteiger partial charge in [-0.2, -0.15) is 5.26 Å². The van der Waals surface area contributed by atoms with Crippen LogP contribution in [0.5, 0.6) is 0 Å². The average molecular weight is 564 g/mol. The van der Waals surface area contributed by atoms with Gasteiger partial charge in [0.1, 0.15) is 17.5 Å². The highest BCUT2D eigenvalue weighted by molar-refractivity contribution is 9.10. The highest BCUT2D eigenvalue weighted by atomic mass is 79.9. The van der Waals surface area contributed by atoms with E-state index in [-0.39, 0.29) is 11.7 Å². The number of aromatic nitrogens is 3. The summed E-state index contributed by atoms with van der Waals surface area (Å²) in [6.07, 6.45) is 3.22. The van der Waals surface area contributed by atoms with Gasteiger partial charge in [0.15, 0.2) is 0 Å². The second kappa shape index (κ2) is 12.3. The molecule has 1 aliphatic heterocycles. The Kier molecular flexibility index (Phi) is 8.95. The predicted octanol–water partition coefficient (Wildman–Crippen LogP) is 3.48. The number of carbonyl (C=O) groups is 1. The van der Waals surface area contributed by atoms with Crippen LogP contribution in [-0.4, -0.2) is 70.4 Å². The van der Waals surface area contributed by atoms with E-state index in [1.54, 1.807) is 6.20 Å². The van der Waals surface area contributed by atoms with E-state index >= 15 is 0 Å². The highest BCUT2D eigenvalue weighted by Crippen LogP contribution is 2.30. The zero-order valence-corrected chi connectivity index (χ0v) is 22.9. The molecule has 0 unspecified atom stereocenters. The second-order valence-corrected chi connectivity index (χ2v) is 10.5. The molecule has 10 heteroatoms. The summed E-state index contributed by atoms with van der Waals surface area (Å²) in [5.74, 6) is 0.0350. The van der Waals surface area contributed by atoms with E-state index in [1.807, 2.05) is 12.1 Å². The van der Waals surface area contributed by atoms with Crippen molar-refractivity contribution in [2.24, 2.45) is 5.92 Å². The molecule has 2 aromatic heterocycles. The number of carbonyl (C=O) groups excluding carboxylic acids is 1. The summed E-state index contributed by atoms with van der Waals surface area (Å²) < 4.78 is 0.546. The van der Waals surface area contributed by atoms with Crippen molar-refractivity contribution in [3.63, 3.8) is 0 Å². The van der Waals surface area contributed by atoms with Crippen LogP contribution < -0.4 is 10.9 Å². The van der Waals surface area contributed by atoms with Crippen LogP contribution in [0.1, 0.15) is 35.6 Å². The molecule has 9 nitrogen and oxygen atoms in total. The lowest BCUT2D eigenvalue weighted by Crippen LogP contribution is -2.43. The maximum Gasteiger partial charge on any atom is 0.267 e. The Hall–Kier alpha value is -3.23. The number of hydrogen-bond acceptors (Lipinski definition) is 8. The molecule has 0 bridgehead atoms. The summed E-state index contributed by atoms with van der Waals surface area (Å²) in [5, 5.41) is 9.27. The topological polar surface area (TPSA) is 110 Å². The maximum absolute atomic E-state index is 13.2. The Bertz CT molecular complexity index is 1280. The Morgan fingerprint density at radius 1 is 1.08 bits per heavy atom. The number of nitriles is 1. The second-order valence-electron chi connectivity index (χ2n) is 9.63. The Balaban J connectivity index is 1.62. The first-order valence-corrected chi connectivity index (χ1v) is 13.1. The molecule has 4 rings (SSSR count). The molecule has 0 atom stereocenters. The van der Waals surface area contributed by atoms with E-state index in [0.29, 0.717) is 33.9 Å². The van der Waals surface area contributed by atoms with Gasteiger partial charge in [-0.15, -0.1) is 0 Å².